The maximum atomic E-state index is 12.5. The van der Waals surface area contributed by atoms with E-state index in [4.69, 9.17) is 14.0 Å². The van der Waals surface area contributed by atoms with Crippen LogP contribution in [-0.4, -0.2) is 28.3 Å². The number of nitrogens with one attached hydrogen (secondary N) is 1. The Balaban J connectivity index is 1.34. The van der Waals surface area contributed by atoms with Gasteiger partial charge in [0, 0.05) is 6.42 Å². The lowest BCUT2D eigenvalue weighted by molar-refractivity contribution is -0.133. The van der Waals surface area contributed by atoms with E-state index >= 15 is 0 Å². The van der Waals surface area contributed by atoms with E-state index in [2.05, 4.69) is 15.5 Å². The average Bonchev–Trinajstić information content (AvgIpc) is 3.13. The van der Waals surface area contributed by atoms with Crippen LogP contribution in [0.3, 0.4) is 0 Å². The molecule has 0 bridgehead atoms. The molecule has 2 heterocycles. The minimum Gasteiger partial charge on any atom is -0.482 e. The highest BCUT2D eigenvalue weighted by molar-refractivity contribution is 5.82. The molecule has 27 heavy (non-hydrogen) atoms. The average molecular weight is 365 g/mol. The number of amides is 1. The molecule has 2 aromatic carbocycles. The van der Waals surface area contributed by atoms with Crippen molar-refractivity contribution in [2.45, 2.75) is 32.1 Å². The van der Waals surface area contributed by atoms with Crippen molar-refractivity contribution in [3.8, 4) is 11.5 Å². The molecule has 1 amide bonds. The number of para-hydroxylation sites is 2. The molecule has 2 unspecified atom stereocenters. The Morgan fingerprint density at radius 1 is 1.04 bits per heavy atom. The SMILES string of the molecule is CC1Oc2ccccc2OC1C(=O)NCc1nc(Cc2ccccc2)no1. The molecule has 138 valence electrons. The fourth-order valence-electron chi connectivity index (χ4n) is 2.88. The van der Waals surface area contributed by atoms with Crippen LogP contribution in [0.4, 0.5) is 0 Å². The van der Waals surface area contributed by atoms with E-state index in [0.717, 1.165) is 5.56 Å². The predicted octanol–water partition coefficient (Wildman–Crippen LogP) is 2.51. The van der Waals surface area contributed by atoms with Crippen molar-refractivity contribution in [1.82, 2.24) is 15.5 Å². The van der Waals surface area contributed by atoms with E-state index in [1.807, 2.05) is 48.5 Å². The number of carbonyl (C=O) groups is 1. The standard InChI is InChI=1S/C20H19N3O4/c1-13-19(26-16-10-6-5-9-15(16)25-13)20(24)21-12-18-22-17(23-27-18)11-14-7-3-2-4-8-14/h2-10,13,19H,11-12H2,1H3,(H,21,24). The zero-order chi connectivity index (χ0) is 18.6. The van der Waals surface area contributed by atoms with Gasteiger partial charge in [0.2, 0.25) is 12.0 Å². The van der Waals surface area contributed by atoms with Gasteiger partial charge >= 0.3 is 0 Å². The number of hydrogen-bond acceptors (Lipinski definition) is 6. The minimum absolute atomic E-state index is 0.134. The van der Waals surface area contributed by atoms with Crippen LogP contribution < -0.4 is 14.8 Å². The maximum Gasteiger partial charge on any atom is 0.265 e. The molecule has 1 aliphatic heterocycles. The zero-order valence-corrected chi connectivity index (χ0v) is 14.8. The summed E-state index contributed by atoms with van der Waals surface area (Å²) in [6.07, 6.45) is -0.575. The molecule has 4 rings (SSSR count). The number of ether oxygens (including phenoxy) is 2. The van der Waals surface area contributed by atoms with Crippen molar-refractivity contribution in [2.24, 2.45) is 0 Å². The van der Waals surface area contributed by atoms with E-state index < -0.39 is 12.2 Å². The van der Waals surface area contributed by atoms with Crippen LogP contribution in [0, 0.1) is 0 Å². The van der Waals surface area contributed by atoms with E-state index in [9.17, 15) is 4.79 Å². The highest BCUT2D eigenvalue weighted by Crippen LogP contribution is 2.33. The topological polar surface area (TPSA) is 86.5 Å². The molecular formula is C20H19N3O4. The number of fused-ring (bicyclic) bond motifs is 1. The number of rotatable bonds is 5. The first-order valence-electron chi connectivity index (χ1n) is 8.74. The van der Waals surface area contributed by atoms with Crippen molar-refractivity contribution < 1.29 is 18.8 Å². The number of benzene rings is 2. The molecule has 3 aromatic rings. The number of nitrogens with zero attached hydrogens (tertiary/aromatic N) is 2. The van der Waals surface area contributed by atoms with Gasteiger partial charge in [-0.2, -0.15) is 4.98 Å². The van der Waals surface area contributed by atoms with E-state index in [0.29, 0.717) is 29.6 Å². The first-order valence-corrected chi connectivity index (χ1v) is 8.74. The maximum absolute atomic E-state index is 12.5. The molecule has 0 spiro atoms. The quantitative estimate of drug-likeness (QED) is 0.748. The van der Waals surface area contributed by atoms with Gasteiger partial charge in [-0.05, 0) is 24.6 Å². The molecule has 1 aliphatic rings. The molecule has 2 atom stereocenters. The van der Waals surface area contributed by atoms with Gasteiger partial charge in [-0.1, -0.05) is 47.6 Å². The fraction of sp³-hybridized carbons (Fsp3) is 0.250. The predicted molar refractivity (Wildman–Crippen MR) is 96.3 cm³/mol. The van der Waals surface area contributed by atoms with Crippen LogP contribution in [0.1, 0.15) is 24.2 Å². The molecule has 1 N–H and O–H groups in total. The van der Waals surface area contributed by atoms with Gasteiger partial charge in [0.25, 0.3) is 5.91 Å². The van der Waals surface area contributed by atoms with E-state index in [1.165, 1.54) is 0 Å². The minimum atomic E-state index is -0.744. The Labute approximate surface area is 156 Å². The van der Waals surface area contributed by atoms with Gasteiger partial charge < -0.3 is 19.3 Å². The summed E-state index contributed by atoms with van der Waals surface area (Å²) >= 11 is 0. The second-order valence-corrected chi connectivity index (χ2v) is 6.29. The smallest absolute Gasteiger partial charge is 0.265 e. The molecule has 0 fully saturated rings. The van der Waals surface area contributed by atoms with Gasteiger partial charge in [0.1, 0.15) is 6.10 Å². The summed E-state index contributed by atoms with van der Waals surface area (Å²) in [5, 5.41) is 6.72. The van der Waals surface area contributed by atoms with Gasteiger partial charge in [-0.25, -0.2) is 0 Å². The first kappa shape index (κ1) is 17.1. The third kappa shape index (κ3) is 3.92. The van der Waals surface area contributed by atoms with Crippen LogP contribution in [0.2, 0.25) is 0 Å². The summed E-state index contributed by atoms with van der Waals surface area (Å²) in [5.41, 5.74) is 1.09. The van der Waals surface area contributed by atoms with E-state index in [-0.39, 0.29) is 12.5 Å². The van der Waals surface area contributed by atoms with Gasteiger partial charge in [-0.3, -0.25) is 4.79 Å². The number of carbonyl (C=O) groups excluding carboxylic acids is 1. The van der Waals surface area contributed by atoms with Crippen LogP contribution in [0.25, 0.3) is 0 Å². The molecule has 7 heteroatoms. The number of hydrogen-bond donors (Lipinski definition) is 1. The molecule has 1 aromatic heterocycles. The van der Waals surface area contributed by atoms with Crippen molar-refractivity contribution in [2.75, 3.05) is 0 Å². The lowest BCUT2D eigenvalue weighted by atomic mass is 10.1. The summed E-state index contributed by atoms with van der Waals surface area (Å²) in [5.74, 6) is 1.82. The molecule has 7 nitrogen and oxygen atoms in total. The second kappa shape index (κ2) is 7.49. The molecular weight excluding hydrogens is 346 g/mol. The summed E-state index contributed by atoms with van der Waals surface area (Å²) in [6.45, 7) is 1.93. The van der Waals surface area contributed by atoms with Crippen LogP contribution in [-0.2, 0) is 17.8 Å². The summed E-state index contributed by atoms with van der Waals surface area (Å²) in [4.78, 5) is 16.8. The Kier molecular flexibility index (Phi) is 4.74. The Morgan fingerprint density at radius 2 is 1.74 bits per heavy atom. The summed E-state index contributed by atoms with van der Waals surface area (Å²) < 4.78 is 16.7. The Morgan fingerprint density at radius 3 is 2.52 bits per heavy atom. The largest absolute Gasteiger partial charge is 0.482 e. The van der Waals surface area contributed by atoms with Gasteiger partial charge in [0.15, 0.2) is 17.3 Å². The Hall–Kier alpha value is -3.35. The first-order chi connectivity index (χ1) is 13.2. The molecule has 0 saturated carbocycles. The summed E-state index contributed by atoms with van der Waals surface area (Å²) in [6, 6.07) is 17.1. The van der Waals surface area contributed by atoms with Crippen molar-refractivity contribution in [3.05, 3.63) is 71.9 Å². The number of aromatic nitrogens is 2. The highest BCUT2D eigenvalue weighted by atomic mass is 16.6. The highest BCUT2D eigenvalue weighted by Gasteiger charge is 2.34. The third-order valence-corrected chi connectivity index (χ3v) is 4.23. The second-order valence-electron chi connectivity index (χ2n) is 6.29. The third-order valence-electron chi connectivity index (χ3n) is 4.23. The van der Waals surface area contributed by atoms with Crippen molar-refractivity contribution in [3.63, 3.8) is 0 Å². The Bertz CT molecular complexity index is 926. The van der Waals surface area contributed by atoms with Gasteiger partial charge in [-0.15, -0.1) is 0 Å². The zero-order valence-electron chi connectivity index (χ0n) is 14.8. The van der Waals surface area contributed by atoms with Crippen LogP contribution >= 0.6 is 0 Å². The van der Waals surface area contributed by atoms with E-state index in [1.54, 1.807) is 13.0 Å². The summed E-state index contributed by atoms with van der Waals surface area (Å²) in [7, 11) is 0. The van der Waals surface area contributed by atoms with Crippen LogP contribution in [0.15, 0.2) is 59.1 Å². The molecule has 0 aliphatic carbocycles. The monoisotopic (exact) mass is 365 g/mol. The fourth-order valence-corrected chi connectivity index (χ4v) is 2.88. The van der Waals surface area contributed by atoms with Crippen molar-refractivity contribution >= 4 is 5.91 Å². The lowest BCUT2D eigenvalue weighted by Crippen LogP contribution is -2.48. The molecule has 0 radical (unpaired) electrons. The normalized spacial score (nSPS) is 18.1. The van der Waals surface area contributed by atoms with Crippen molar-refractivity contribution in [1.29, 1.82) is 0 Å². The van der Waals surface area contributed by atoms with Crippen LogP contribution in [0.5, 0.6) is 11.5 Å². The van der Waals surface area contributed by atoms with Gasteiger partial charge in [0.05, 0.1) is 6.54 Å². The lowest BCUT2D eigenvalue weighted by Gasteiger charge is -2.30. The molecule has 0 saturated heterocycles.